The van der Waals surface area contributed by atoms with Crippen LogP contribution in [-0.2, 0) is 6.54 Å². The highest BCUT2D eigenvalue weighted by molar-refractivity contribution is 7.15. The van der Waals surface area contributed by atoms with Gasteiger partial charge in [-0.3, -0.25) is 0 Å². The first-order valence-electron chi connectivity index (χ1n) is 5.80. The number of aryl methyl sites for hydroxylation is 3. The zero-order valence-electron chi connectivity index (χ0n) is 10.8. The lowest BCUT2D eigenvalue weighted by molar-refractivity contribution is 0.823. The van der Waals surface area contributed by atoms with Crippen LogP contribution in [0.15, 0.2) is 18.2 Å². The zero-order chi connectivity index (χ0) is 12.4. The van der Waals surface area contributed by atoms with E-state index in [4.69, 9.17) is 0 Å². The maximum absolute atomic E-state index is 4.68. The van der Waals surface area contributed by atoms with Gasteiger partial charge in [0, 0.05) is 17.0 Å². The number of thiazole rings is 1. The molecule has 0 amide bonds. The van der Waals surface area contributed by atoms with Crippen LogP contribution in [0.2, 0.25) is 0 Å². The molecule has 0 fully saturated rings. The van der Waals surface area contributed by atoms with Gasteiger partial charge < -0.3 is 5.32 Å². The van der Waals surface area contributed by atoms with Crippen molar-refractivity contribution in [1.29, 1.82) is 0 Å². The fraction of sp³-hybridized carbons (Fsp3) is 0.357. The van der Waals surface area contributed by atoms with Crippen molar-refractivity contribution < 1.29 is 0 Å². The average Bonchev–Trinajstić information content (AvgIpc) is 2.64. The van der Waals surface area contributed by atoms with E-state index in [9.17, 15) is 0 Å². The summed E-state index contributed by atoms with van der Waals surface area (Å²) in [6.45, 7) is 7.24. The number of benzene rings is 1. The fourth-order valence-corrected chi connectivity index (χ4v) is 2.99. The van der Waals surface area contributed by atoms with Crippen molar-refractivity contribution in [3.63, 3.8) is 0 Å². The lowest BCUT2D eigenvalue weighted by Gasteiger charge is -2.03. The Kier molecular flexibility index (Phi) is 3.60. The van der Waals surface area contributed by atoms with E-state index in [0.29, 0.717) is 0 Å². The minimum absolute atomic E-state index is 0.897. The third-order valence-electron chi connectivity index (χ3n) is 2.85. The van der Waals surface area contributed by atoms with E-state index in [1.807, 2.05) is 7.05 Å². The summed E-state index contributed by atoms with van der Waals surface area (Å²) in [6.07, 6.45) is 0. The molecule has 0 radical (unpaired) electrons. The van der Waals surface area contributed by atoms with Crippen LogP contribution in [0.5, 0.6) is 0 Å². The van der Waals surface area contributed by atoms with E-state index in [1.165, 1.54) is 21.6 Å². The lowest BCUT2D eigenvalue weighted by atomic mass is 10.1. The minimum Gasteiger partial charge on any atom is -0.315 e. The molecule has 2 nitrogen and oxygen atoms in total. The van der Waals surface area contributed by atoms with Gasteiger partial charge in [-0.25, -0.2) is 4.98 Å². The fourth-order valence-electron chi connectivity index (χ4n) is 1.83. The Bertz CT molecular complexity index is 529. The molecule has 0 saturated carbocycles. The van der Waals surface area contributed by atoms with Crippen molar-refractivity contribution in [3.05, 3.63) is 39.9 Å². The van der Waals surface area contributed by atoms with E-state index in [1.54, 1.807) is 11.3 Å². The summed E-state index contributed by atoms with van der Waals surface area (Å²) in [7, 11) is 1.97. The molecular weight excluding hydrogens is 228 g/mol. The van der Waals surface area contributed by atoms with Crippen LogP contribution in [0.25, 0.3) is 10.6 Å². The number of hydrogen-bond donors (Lipinski definition) is 1. The van der Waals surface area contributed by atoms with Gasteiger partial charge in [0.25, 0.3) is 0 Å². The smallest absolute Gasteiger partial charge is 0.124 e. The second kappa shape index (κ2) is 4.98. The largest absolute Gasteiger partial charge is 0.315 e. The Morgan fingerprint density at radius 1 is 1.24 bits per heavy atom. The van der Waals surface area contributed by atoms with Crippen LogP contribution in [0.4, 0.5) is 0 Å². The van der Waals surface area contributed by atoms with Gasteiger partial charge in [0.15, 0.2) is 0 Å². The molecule has 0 atom stereocenters. The van der Waals surface area contributed by atoms with Crippen molar-refractivity contribution in [2.24, 2.45) is 0 Å². The second-order valence-electron chi connectivity index (χ2n) is 4.38. The highest BCUT2D eigenvalue weighted by atomic mass is 32.1. The number of rotatable bonds is 3. The molecular formula is C14H18N2S. The molecule has 3 heteroatoms. The van der Waals surface area contributed by atoms with Crippen LogP contribution in [0.3, 0.4) is 0 Å². The highest BCUT2D eigenvalue weighted by Gasteiger charge is 2.10. The Morgan fingerprint density at radius 3 is 2.71 bits per heavy atom. The molecule has 2 aromatic rings. The van der Waals surface area contributed by atoms with Gasteiger partial charge in [0.2, 0.25) is 0 Å². The van der Waals surface area contributed by atoms with Crippen LogP contribution < -0.4 is 5.32 Å². The summed E-state index contributed by atoms with van der Waals surface area (Å²) in [5, 5.41) is 4.32. The molecule has 0 aliphatic heterocycles. The first kappa shape index (κ1) is 12.3. The van der Waals surface area contributed by atoms with Crippen LogP contribution in [-0.4, -0.2) is 12.0 Å². The molecule has 1 heterocycles. The van der Waals surface area contributed by atoms with Gasteiger partial charge in [-0.05, 0) is 39.4 Å². The van der Waals surface area contributed by atoms with Crippen molar-refractivity contribution >= 4 is 11.3 Å². The van der Waals surface area contributed by atoms with Crippen LogP contribution in [0.1, 0.15) is 21.7 Å². The second-order valence-corrected chi connectivity index (χ2v) is 5.46. The number of hydrogen-bond acceptors (Lipinski definition) is 3. The molecule has 1 N–H and O–H groups in total. The minimum atomic E-state index is 0.897. The Labute approximate surface area is 107 Å². The van der Waals surface area contributed by atoms with Gasteiger partial charge in [0.05, 0.1) is 5.69 Å². The van der Waals surface area contributed by atoms with Gasteiger partial charge in [-0.15, -0.1) is 11.3 Å². The van der Waals surface area contributed by atoms with Crippen molar-refractivity contribution in [1.82, 2.24) is 10.3 Å². The van der Waals surface area contributed by atoms with Crippen molar-refractivity contribution in [3.8, 4) is 10.6 Å². The predicted molar refractivity (Wildman–Crippen MR) is 74.5 cm³/mol. The molecule has 0 aliphatic rings. The highest BCUT2D eigenvalue weighted by Crippen LogP contribution is 2.30. The molecule has 0 aliphatic carbocycles. The maximum Gasteiger partial charge on any atom is 0.124 e. The van der Waals surface area contributed by atoms with Gasteiger partial charge in [-0.2, -0.15) is 0 Å². The summed E-state index contributed by atoms with van der Waals surface area (Å²) >= 11 is 1.79. The lowest BCUT2D eigenvalue weighted by Crippen LogP contribution is -2.04. The van der Waals surface area contributed by atoms with Crippen LogP contribution >= 0.6 is 11.3 Å². The van der Waals surface area contributed by atoms with Crippen molar-refractivity contribution in [2.75, 3.05) is 7.05 Å². The summed E-state index contributed by atoms with van der Waals surface area (Å²) in [4.78, 5) is 6.00. The number of nitrogens with zero attached hydrogens (tertiary/aromatic N) is 1. The molecule has 0 unspecified atom stereocenters. The maximum atomic E-state index is 4.68. The SMILES string of the molecule is CNCc1sc(-c2cc(C)ccc2C)nc1C. The molecule has 0 bridgehead atoms. The number of nitrogens with one attached hydrogen (secondary N) is 1. The first-order chi connectivity index (χ1) is 8.11. The van der Waals surface area contributed by atoms with E-state index < -0.39 is 0 Å². The molecule has 17 heavy (non-hydrogen) atoms. The topological polar surface area (TPSA) is 24.9 Å². The molecule has 1 aromatic carbocycles. The van der Waals surface area contributed by atoms with E-state index in [-0.39, 0.29) is 0 Å². The Hall–Kier alpha value is -1.19. The summed E-state index contributed by atoms with van der Waals surface area (Å²) in [5.74, 6) is 0. The van der Waals surface area contributed by atoms with E-state index in [0.717, 1.165) is 17.2 Å². The first-order valence-corrected chi connectivity index (χ1v) is 6.62. The summed E-state index contributed by atoms with van der Waals surface area (Å²) in [6, 6.07) is 6.53. The van der Waals surface area contributed by atoms with Gasteiger partial charge in [0.1, 0.15) is 5.01 Å². The summed E-state index contributed by atoms with van der Waals surface area (Å²) < 4.78 is 0. The normalized spacial score (nSPS) is 10.8. The third-order valence-corrected chi connectivity index (χ3v) is 4.04. The molecule has 90 valence electrons. The Balaban J connectivity index is 2.45. The number of aromatic nitrogens is 1. The zero-order valence-corrected chi connectivity index (χ0v) is 11.6. The molecule has 0 spiro atoms. The molecule has 1 aromatic heterocycles. The van der Waals surface area contributed by atoms with E-state index in [2.05, 4.69) is 49.3 Å². The van der Waals surface area contributed by atoms with Gasteiger partial charge in [-0.1, -0.05) is 17.7 Å². The molecule has 2 rings (SSSR count). The monoisotopic (exact) mass is 246 g/mol. The summed E-state index contributed by atoms with van der Waals surface area (Å²) in [5.41, 5.74) is 4.98. The average molecular weight is 246 g/mol. The van der Waals surface area contributed by atoms with Gasteiger partial charge >= 0.3 is 0 Å². The predicted octanol–water partition coefficient (Wildman–Crippen LogP) is 3.45. The Morgan fingerprint density at radius 2 is 2.00 bits per heavy atom. The standard InChI is InChI=1S/C14H18N2S/c1-9-5-6-10(2)12(7-9)14-16-11(3)13(17-14)8-15-4/h5-7,15H,8H2,1-4H3. The van der Waals surface area contributed by atoms with Crippen LogP contribution in [0, 0.1) is 20.8 Å². The quantitative estimate of drug-likeness (QED) is 0.897. The third kappa shape index (κ3) is 2.56. The molecule has 0 saturated heterocycles. The van der Waals surface area contributed by atoms with E-state index >= 15 is 0 Å². The van der Waals surface area contributed by atoms with Crippen molar-refractivity contribution in [2.45, 2.75) is 27.3 Å².